The monoisotopic (exact) mass is 520 g/mol. The number of halogens is 1. The number of hydrogen-bond donors (Lipinski definition) is 2. The van der Waals surface area contributed by atoms with Crippen LogP contribution in [0.1, 0.15) is 38.5 Å². The predicted molar refractivity (Wildman–Crippen MR) is 129 cm³/mol. The molecule has 0 spiro atoms. The van der Waals surface area contributed by atoms with E-state index < -0.39 is 43.7 Å². The summed E-state index contributed by atoms with van der Waals surface area (Å²) in [5.41, 5.74) is 3.25. The van der Waals surface area contributed by atoms with Gasteiger partial charge in [0.25, 0.3) is 0 Å². The van der Waals surface area contributed by atoms with Gasteiger partial charge in [-0.2, -0.15) is 5.26 Å². The molecule has 3 N–H and O–H groups in total. The zero-order chi connectivity index (χ0) is 25.2. The second-order valence-corrected chi connectivity index (χ2v) is 13.0. The fourth-order valence-corrected chi connectivity index (χ4v) is 8.61. The number of amides is 1. The lowest BCUT2D eigenvalue weighted by Crippen LogP contribution is -2.47. The van der Waals surface area contributed by atoms with Crippen LogP contribution in [0.15, 0.2) is 23.1 Å². The van der Waals surface area contributed by atoms with Gasteiger partial charge in [0.15, 0.2) is 9.84 Å². The van der Waals surface area contributed by atoms with E-state index in [9.17, 15) is 28.4 Å². The highest BCUT2D eigenvalue weighted by Crippen LogP contribution is 2.66. The average Bonchev–Trinajstić information content (AvgIpc) is 3.75. The first-order chi connectivity index (χ1) is 16.5. The average molecular weight is 521 g/mol. The molecule has 1 aliphatic heterocycles. The highest BCUT2D eigenvalue weighted by atomic mass is 35.5. The van der Waals surface area contributed by atoms with Gasteiger partial charge in [-0.15, -0.1) is 0 Å². The van der Waals surface area contributed by atoms with Crippen molar-refractivity contribution in [3.63, 3.8) is 0 Å². The van der Waals surface area contributed by atoms with Crippen LogP contribution in [0.3, 0.4) is 0 Å². The second-order valence-electron chi connectivity index (χ2n) is 10.4. The van der Waals surface area contributed by atoms with Crippen LogP contribution in [0.2, 0.25) is 5.02 Å². The number of hydrogen-bond acceptors (Lipinski definition) is 7. The summed E-state index contributed by atoms with van der Waals surface area (Å²) in [5, 5.41) is 18.7. The lowest BCUT2D eigenvalue weighted by atomic mass is 9.77. The third kappa shape index (κ3) is 3.88. The van der Waals surface area contributed by atoms with Crippen LogP contribution in [0, 0.1) is 28.1 Å². The minimum absolute atomic E-state index is 0.0111. The molecule has 3 saturated carbocycles. The van der Waals surface area contributed by atoms with Gasteiger partial charge in [-0.1, -0.05) is 11.6 Å². The normalized spacial score (nSPS) is 33.3. The number of benzene rings is 1. The van der Waals surface area contributed by atoms with E-state index in [1.54, 1.807) is 12.1 Å². The number of carbonyl (C=O) groups excluding carboxylic acids is 1. The molecule has 4 aliphatic rings. The maximum Gasteiger partial charge on any atom is 0.310 e. The molecule has 1 saturated heterocycles. The molecule has 2 unspecified atom stereocenters. The van der Waals surface area contributed by atoms with E-state index >= 15 is 0 Å². The number of rotatable bonds is 7. The molecule has 1 aromatic carbocycles. The van der Waals surface area contributed by atoms with Crippen molar-refractivity contribution in [3.05, 3.63) is 23.2 Å². The van der Waals surface area contributed by atoms with Crippen molar-refractivity contribution < 1.29 is 23.1 Å². The Morgan fingerprint density at radius 3 is 2.34 bits per heavy atom. The number of aliphatic carboxylic acids is 1. The summed E-state index contributed by atoms with van der Waals surface area (Å²) in [6.07, 6.45) is 2.59. The molecule has 188 valence electrons. The Balaban J connectivity index is 1.34. The molecule has 1 amide bonds. The van der Waals surface area contributed by atoms with Gasteiger partial charge in [-0.3, -0.25) is 14.5 Å². The van der Waals surface area contributed by atoms with Crippen molar-refractivity contribution in [3.8, 4) is 6.07 Å². The van der Waals surface area contributed by atoms with E-state index in [-0.39, 0.29) is 35.6 Å². The molecule has 0 radical (unpaired) electrons. The Kier molecular flexibility index (Phi) is 5.81. The number of primary amides is 1. The number of nitrogens with two attached hydrogens (primary N) is 1. The molecule has 1 aromatic rings. The molecular formula is C24H29ClN4O5S. The van der Waals surface area contributed by atoms with Crippen molar-refractivity contribution in [2.24, 2.45) is 22.5 Å². The summed E-state index contributed by atoms with van der Waals surface area (Å²) in [6, 6.07) is 7.56. The zero-order valence-electron chi connectivity index (χ0n) is 19.3. The maximum absolute atomic E-state index is 13.5. The Bertz CT molecular complexity index is 1220. The van der Waals surface area contributed by atoms with Crippen molar-refractivity contribution in [1.82, 2.24) is 4.90 Å². The number of nitriles is 1. The number of sulfone groups is 1. The summed E-state index contributed by atoms with van der Waals surface area (Å²) in [5.74, 6) is -2.83. The van der Waals surface area contributed by atoms with E-state index in [0.717, 1.165) is 37.9 Å². The second kappa shape index (κ2) is 8.36. The first-order valence-corrected chi connectivity index (χ1v) is 13.9. The third-order valence-electron chi connectivity index (χ3n) is 8.60. The van der Waals surface area contributed by atoms with Crippen LogP contribution < -0.4 is 10.6 Å². The first-order valence-electron chi connectivity index (χ1n) is 12.0. The van der Waals surface area contributed by atoms with E-state index in [1.165, 1.54) is 18.9 Å². The SMILES string of the molecule is N#CC1(C(N)=O)CC1[C@@]1(C(=O)O)CC[C@H](S(=O)(=O)c2ccc(N3CCN(C4CC4)CC3)cc2Cl)C1. The van der Waals surface area contributed by atoms with Gasteiger partial charge in [0, 0.05) is 43.8 Å². The highest BCUT2D eigenvalue weighted by Gasteiger charge is 2.72. The molecule has 4 fully saturated rings. The molecule has 35 heavy (non-hydrogen) atoms. The van der Waals surface area contributed by atoms with Crippen molar-refractivity contribution in [1.29, 1.82) is 5.26 Å². The summed E-state index contributed by atoms with van der Waals surface area (Å²) in [7, 11) is -3.92. The number of piperazine rings is 1. The molecule has 0 aromatic heterocycles. The Morgan fingerprint density at radius 1 is 1.14 bits per heavy atom. The topological polar surface area (TPSA) is 145 Å². The molecule has 0 bridgehead atoms. The number of carboxylic acids is 1. The van der Waals surface area contributed by atoms with Crippen LogP contribution in [-0.4, -0.2) is 67.8 Å². The molecule has 9 nitrogen and oxygen atoms in total. The van der Waals surface area contributed by atoms with Crippen molar-refractivity contribution in [2.75, 3.05) is 31.1 Å². The van der Waals surface area contributed by atoms with Crippen LogP contribution in [0.5, 0.6) is 0 Å². The van der Waals surface area contributed by atoms with E-state index in [4.69, 9.17) is 17.3 Å². The molecule has 3 aliphatic carbocycles. The first kappa shape index (κ1) is 24.3. The third-order valence-corrected chi connectivity index (χ3v) is 11.3. The van der Waals surface area contributed by atoms with Gasteiger partial charge >= 0.3 is 5.97 Å². The van der Waals surface area contributed by atoms with E-state index in [1.807, 2.05) is 6.07 Å². The minimum Gasteiger partial charge on any atom is -0.481 e. The van der Waals surface area contributed by atoms with Crippen molar-refractivity contribution in [2.45, 2.75) is 54.7 Å². The minimum atomic E-state index is -3.92. The number of carboxylic acid groups (broad SMARTS) is 1. The van der Waals surface area contributed by atoms with Gasteiger partial charge < -0.3 is 15.7 Å². The van der Waals surface area contributed by atoms with Gasteiger partial charge in [-0.05, 0) is 56.7 Å². The Hall–Kier alpha value is -2.35. The lowest BCUT2D eigenvalue weighted by Gasteiger charge is -2.36. The number of carbonyl (C=O) groups is 2. The summed E-state index contributed by atoms with van der Waals surface area (Å²) >= 11 is 6.48. The molecular weight excluding hydrogens is 492 g/mol. The van der Waals surface area contributed by atoms with Gasteiger partial charge in [-0.25, -0.2) is 8.42 Å². The van der Waals surface area contributed by atoms with E-state index in [0.29, 0.717) is 0 Å². The van der Waals surface area contributed by atoms with Gasteiger partial charge in [0.05, 0.1) is 26.7 Å². The van der Waals surface area contributed by atoms with Crippen LogP contribution >= 0.6 is 11.6 Å². The van der Waals surface area contributed by atoms with Crippen LogP contribution in [-0.2, 0) is 19.4 Å². The smallest absolute Gasteiger partial charge is 0.310 e. The predicted octanol–water partition coefficient (Wildman–Crippen LogP) is 2.04. The standard InChI is InChI=1S/C24H29ClN4O5S/c25-18-11-16(29-9-7-28(8-10-29)15-1-2-15)3-4-19(18)35(33,34)17-5-6-23(12-17,22(31)32)20-13-24(20,14-26)21(27)30/h3-4,11,15,17,20H,1-2,5-10,12-13H2,(H2,27,30)(H,31,32)/t17-,20?,23+,24?/m0/s1. The van der Waals surface area contributed by atoms with Crippen LogP contribution in [0.25, 0.3) is 0 Å². The summed E-state index contributed by atoms with van der Waals surface area (Å²) < 4.78 is 27.1. The van der Waals surface area contributed by atoms with Gasteiger partial charge in [0.1, 0.15) is 5.41 Å². The largest absolute Gasteiger partial charge is 0.481 e. The summed E-state index contributed by atoms with van der Waals surface area (Å²) in [6.45, 7) is 3.64. The Labute approximate surface area is 209 Å². The highest BCUT2D eigenvalue weighted by molar-refractivity contribution is 7.92. The molecule has 1 heterocycles. The fourth-order valence-electron chi connectivity index (χ4n) is 6.22. The van der Waals surface area contributed by atoms with Crippen LogP contribution in [0.4, 0.5) is 5.69 Å². The lowest BCUT2D eigenvalue weighted by molar-refractivity contribution is -0.150. The maximum atomic E-state index is 13.5. The quantitative estimate of drug-likeness (QED) is 0.555. The fraction of sp³-hybridized carbons (Fsp3) is 0.625. The number of nitrogens with zero attached hydrogens (tertiary/aromatic N) is 3. The number of anilines is 1. The zero-order valence-corrected chi connectivity index (χ0v) is 20.9. The molecule has 5 rings (SSSR count). The van der Waals surface area contributed by atoms with Gasteiger partial charge in [0.2, 0.25) is 5.91 Å². The summed E-state index contributed by atoms with van der Waals surface area (Å²) in [4.78, 5) is 28.9. The Morgan fingerprint density at radius 2 is 1.83 bits per heavy atom. The van der Waals surface area contributed by atoms with Crippen molar-refractivity contribution >= 4 is 39.0 Å². The van der Waals surface area contributed by atoms with E-state index in [2.05, 4.69) is 9.80 Å². The molecule has 4 atom stereocenters. The molecule has 11 heteroatoms.